The lowest BCUT2D eigenvalue weighted by Crippen LogP contribution is -2.36. The fourth-order valence-electron chi connectivity index (χ4n) is 1.20. The van der Waals surface area contributed by atoms with Crippen molar-refractivity contribution in [2.45, 2.75) is 6.92 Å². The van der Waals surface area contributed by atoms with Crippen LogP contribution in [0.4, 0.5) is 0 Å². The van der Waals surface area contributed by atoms with E-state index >= 15 is 0 Å². The Morgan fingerprint density at radius 3 is 2.67 bits per heavy atom. The molecule has 1 rings (SSSR count). The summed E-state index contributed by atoms with van der Waals surface area (Å²) in [6.07, 6.45) is 0. The van der Waals surface area contributed by atoms with Gasteiger partial charge in [-0.15, -0.1) is 0 Å². The van der Waals surface area contributed by atoms with Gasteiger partial charge in [0.15, 0.2) is 6.61 Å². The standard InChI is InChI=1S/C12H15ClN2O3/c1-9(16)14-5-6-15-12(17)8-18-11-4-2-3-10(13)7-11/h2-4,7H,5-6,8H2,1H3,(H,14,16)(H,15,17). The smallest absolute Gasteiger partial charge is 0.258 e. The van der Waals surface area contributed by atoms with Crippen LogP contribution in [-0.2, 0) is 9.59 Å². The van der Waals surface area contributed by atoms with Crippen molar-refractivity contribution in [2.75, 3.05) is 19.7 Å². The monoisotopic (exact) mass is 270 g/mol. The van der Waals surface area contributed by atoms with Crippen LogP contribution < -0.4 is 15.4 Å². The Bertz CT molecular complexity index is 424. The molecule has 0 saturated carbocycles. The molecule has 0 saturated heterocycles. The van der Waals surface area contributed by atoms with Gasteiger partial charge < -0.3 is 15.4 Å². The molecular weight excluding hydrogens is 256 g/mol. The van der Waals surface area contributed by atoms with E-state index in [4.69, 9.17) is 16.3 Å². The van der Waals surface area contributed by atoms with E-state index in [2.05, 4.69) is 10.6 Å². The van der Waals surface area contributed by atoms with E-state index < -0.39 is 0 Å². The van der Waals surface area contributed by atoms with Crippen LogP contribution in [0.3, 0.4) is 0 Å². The van der Waals surface area contributed by atoms with Crippen LogP contribution in [0.1, 0.15) is 6.92 Å². The van der Waals surface area contributed by atoms with Crippen molar-refractivity contribution in [2.24, 2.45) is 0 Å². The fraction of sp³-hybridized carbons (Fsp3) is 0.333. The molecule has 1 aromatic carbocycles. The molecule has 0 aliphatic heterocycles. The van der Waals surface area contributed by atoms with Gasteiger partial charge >= 0.3 is 0 Å². The van der Waals surface area contributed by atoms with Gasteiger partial charge in [-0.1, -0.05) is 17.7 Å². The zero-order valence-electron chi connectivity index (χ0n) is 10.0. The van der Waals surface area contributed by atoms with Crippen molar-refractivity contribution >= 4 is 23.4 Å². The Morgan fingerprint density at radius 1 is 1.28 bits per heavy atom. The van der Waals surface area contributed by atoms with Crippen molar-refractivity contribution in [3.8, 4) is 5.75 Å². The third-order valence-electron chi connectivity index (χ3n) is 1.99. The number of rotatable bonds is 6. The lowest BCUT2D eigenvalue weighted by Gasteiger charge is -2.07. The average Bonchev–Trinajstić information content (AvgIpc) is 2.32. The summed E-state index contributed by atoms with van der Waals surface area (Å²) in [5, 5.41) is 5.74. The van der Waals surface area contributed by atoms with Crippen LogP contribution in [0.2, 0.25) is 5.02 Å². The van der Waals surface area contributed by atoms with Crippen LogP contribution in [-0.4, -0.2) is 31.5 Å². The SMILES string of the molecule is CC(=O)NCCNC(=O)COc1cccc(Cl)c1. The summed E-state index contributed by atoms with van der Waals surface area (Å²) in [5.41, 5.74) is 0. The third kappa shape index (κ3) is 6.10. The molecule has 0 unspecified atom stereocenters. The van der Waals surface area contributed by atoms with Gasteiger partial charge in [-0.05, 0) is 18.2 Å². The van der Waals surface area contributed by atoms with E-state index in [0.717, 1.165) is 0 Å². The molecule has 0 aromatic heterocycles. The van der Waals surface area contributed by atoms with Crippen molar-refractivity contribution in [1.29, 1.82) is 0 Å². The molecule has 0 fully saturated rings. The maximum absolute atomic E-state index is 11.4. The molecule has 1 aromatic rings. The van der Waals surface area contributed by atoms with Crippen molar-refractivity contribution < 1.29 is 14.3 Å². The topological polar surface area (TPSA) is 67.4 Å². The molecule has 2 amide bonds. The first kappa shape index (κ1) is 14.3. The molecule has 5 nitrogen and oxygen atoms in total. The molecular formula is C12H15ClN2O3. The summed E-state index contributed by atoms with van der Waals surface area (Å²) in [6, 6.07) is 6.82. The quantitative estimate of drug-likeness (QED) is 0.757. The van der Waals surface area contributed by atoms with Gasteiger partial charge in [0, 0.05) is 25.0 Å². The van der Waals surface area contributed by atoms with Gasteiger partial charge in [0.25, 0.3) is 5.91 Å². The summed E-state index contributed by atoms with van der Waals surface area (Å²) in [6.45, 7) is 2.11. The number of amides is 2. The highest BCUT2D eigenvalue weighted by atomic mass is 35.5. The zero-order chi connectivity index (χ0) is 13.4. The first-order chi connectivity index (χ1) is 8.58. The van der Waals surface area contributed by atoms with Gasteiger partial charge in [-0.25, -0.2) is 0 Å². The van der Waals surface area contributed by atoms with Gasteiger partial charge in [-0.2, -0.15) is 0 Å². The number of hydrogen-bond acceptors (Lipinski definition) is 3. The van der Waals surface area contributed by atoms with Gasteiger partial charge in [0.1, 0.15) is 5.75 Å². The lowest BCUT2D eigenvalue weighted by atomic mass is 10.3. The molecule has 0 atom stereocenters. The predicted octanol–water partition coefficient (Wildman–Crippen LogP) is 0.971. The number of carbonyl (C=O) groups excluding carboxylic acids is 2. The molecule has 0 aliphatic carbocycles. The number of halogens is 1. The number of nitrogens with one attached hydrogen (secondary N) is 2. The van der Waals surface area contributed by atoms with Crippen molar-refractivity contribution in [1.82, 2.24) is 10.6 Å². The van der Waals surface area contributed by atoms with Crippen LogP contribution in [0.15, 0.2) is 24.3 Å². The molecule has 0 radical (unpaired) electrons. The molecule has 0 aliphatic rings. The van der Waals surface area contributed by atoms with E-state index in [-0.39, 0.29) is 18.4 Å². The number of benzene rings is 1. The number of hydrogen-bond donors (Lipinski definition) is 2. The fourth-order valence-corrected chi connectivity index (χ4v) is 1.38. The molecule has 0 heterocycles. The van der Waals surface area contributed by atoms with Crippen LogP contribution in [0, 0.1) is 0 Å². The first-order valence-corrected chi connectivity index (χ1v) is 5.85. The highest BCUT2D eigenvalue weighted by Crippen LogP contribution is 2.16. The van der Waals surface area contributed by atoms with Crippen LogP contribution in [0.5, 0.6) is 5.75 Å². The Kier molecular flexibility index (Phi) is 6.00. The van der Waals surface area contributed by atoms with Crippen LogP contribution >= 0.6 is 11.6 Å². The van der Waals surface area contributed by atoms with E-state index in [1.807, 2.05) is 0 Å². The average molecular weight is 271 g/mol. The molecule has 0 spiro atoms. The molecule has 98 valence electrons. The minimum atomic E-state index is -0.250. The van der Waals surface area contributed by atoms with Crippen LogP contribution in [0.25, 0.3) is 0 Å². The van der Waals surface area contributed by atoms with Gasteiger partial charge in [0.05, 0.1) is 0 Å². The van der Waals surface area contributed by atoms with E-state index in [1.165, 1.54) is 6.92 Å². The van der Waals surface area contributed by atoms with E-state index in [1.54, 1.807) is 24.3 Å². The minimum Gasteiger partial charge on any atom is -0.484 e. The summed E-state index contributed by atoms with van der Waals surface area (Å²) < 4.78 is 5.24. The summed E-state index contributed by atoms with van der Waals surface area (Å²) in [7, 11) is 0. The predicted molar refractivity (Wildman–Crippen MR) is 68.6 cm³/mol. The maximum atomic E-state index is 11.4. The lowest BCUT2D eigenvalue weighted by molar-refractivity contribution is -0.123. The van der Waals surface area contributed by atoms with Crippen molar-refractivity contribution in [3.05, 3.63) is 29.3 Å². The van der Waals surface area contributed by atoms with Gasteiger partial charge in [0.2, 0.25) is 5.91 Å². The second kappa shape index (κ2) is 7.55. The summed E-state index contributed by atoms with van der Waals surface area (Å²) in [5.74, 6) is 0.166. The second-order valence-electron chi connectivity index (χ2n) is 3.58. The summed E-state index contributed by atoms with van der Waals surface area (Å²) >= 11 is 5.77. The summed E-state index contributed by atoms with van der Waals surface area (Å²) in [4.78, 5) is 21.9. The highest BCUT2D eigenvalue weighted by Gasteiger charge is 2.02. The van der Waals surface area contributed by atoms with E-state index in [9.17, 15) is 9.59 Å². The minimum absolute atomic E-state index is 0.0829. The molecule has 0 bridgehead atoms. The Hall–Kier alpha value is -1.75. The Morgan fingerprint density at radius 2 is 2.00 bits per heavy atom. The number of carbonyl (C=O) groups is 2. The maximum Gasteiger partial charge on any atom is 0.258 e. The normalized spacial score (nSPS) is 9.67. The Labute approximate surface area is 110 Å². The Balaban J connectivity index is 2.19. The van der Waals surface area contributed by atoms with E-state index in [0.29, 0.717) is 23.9 Å². The number of ether oxygens (including phenoxy) is 1. The largest absolute Gasteiger partial charge is 0.484 e. The second-order valence-corrected chi connectivity index (χ2v) is 4.02. The zero-order valence-corrected chi connectivity index (χ0v) is 10.8. The third-order valence-corrected chi connectivity index (χ3v) is 2.22. The molecule has 6 heteroatoms. The highest BCUT2D eigenvalue weighted by molar-refractivity contribution is 6.30. The molecule has 2 N–H and O–H groups in total. The van der Waals surface area contributed by atoms with Crippen molar-refractivity contribution in [3.63, 3.8) is 0 Å². The van der Waals surface area contributed by atoms with Gasteiger partial charge in [-0.3, -0.25) is 9.59 Å². The molecule has 18 heavy (non-hydrogen) atoms. The first-order valence-electron chi connectivity index (χ1n) is 5.47.